The molecular weight excluding hydrogens is 240 g/mol. The van der Waals surface area contributed by atoms with Crippen molar-refractivity contribution >= 4 is 5.91 Å². The van der Waals surface area contributed by atoms with Gasteiger partial charge in [-0.2, -0.15) is 0 Å². The highest BCUT2D eigenvalue weighted by molar-refractivity contribution is 5.78. The third kappa shape index (κ3) is 3.33. The molecule has 1 aromatic rings. The van der Waals surface area contributed by atoms with Gasteiger partial charge in [-0.25, -0.2) is 0 Å². The molecule has 4 heteroatoms. The number of carbonyl (C=O) groups excluding carboxylic acids is 1. The molecule has 1 unspecified atom stereocenters. The van der Waals surface area contributed by atoms with E-state index < -0.39 is 0 Å². The summed E-state index contributed by atoms with van der Waals surface area (Å²) in [5.41, 5.74) is 8.15. The molecule has 1 fully saturated rings. The number of amides is 1. The zero-order chi connectivity index (χ0) is 13.8. The number of morpholine rings is 1. The first-order valence-corrected chi connectivity index (χ1v) is 6.78. The Morgan fingerprint density at radius 3 is 2.63 bits per heavy atom. The number of carbonyl (C=O) groups is 1. The Morgan fingerprint density at radius 1 is 1.37 bits per heavy atom. The molecule has 1 aliphatic rings. The van der Waals surface area contributed by atoms with Crippen molar-refractivity contribution in [2.24, 2.45) is 5.73 Å². The van der Waals surface area contributed by atoms with E-state index in [0.717, 1.165) is 5.56 Å². The van der Waals surface area contributed by atoms with E-state index in [9.17, 15) is 4.79 Å². The third-order valence-corrected chi connectivity index (χ3v) is 3.57. The van der Waals surface area contributed by atoms with Gasteiger partial charge in [0.1, 0.15) is 6.61 Å². The van der Waals surface area contributed by atoms with Crippen LogP contribution in [0.4, 0.5) is 0 Å². The summed E-state index contributed by atoms with van der Waals surface area (Å²) in [5, 5.41) is 0. The normalized spacial score (nSPS) is 20.1. The molecule has 1 saturated heterocycles. The molecule has 1 amide bonds. The molecule has 4 nitrogen and oxygen atoms in total. The maximum absolute atomic E-state index is 11.9. The van der Waals surface area contributed by atoms with E-state index in [2.05, 4.69) is 38.1 Å². The summed E-state index contributed by atoms with van der Waals surface area (Å²) in [5.74, 6) is 0.547. The molecule has 0 aromatic heterocycles. The van der Waals surface area contributed by atoms with E-state index >= 15 is 0 Å². The van der Waals surface area contributed by atoms with Crippen LogP contribution in [0.2, 0.25) is 0 Å². The molecular formula is C15H22N2O2. The number of hydrogen-bond acceptors (Lipinski definition) is 3. The van der Waals surface area contributed by atoms with Crippen LogP contribution in [0.25, 0.3) is 0 Å². The predicted octanol–water partition coefficient (Wildman–Crippen LogP) is 1.50. The van der Waals surface area contributed by atoms with Gasteiger partial charge in [-0.3, -0.25) is 4.79 Å². The first kappa shape index (κ1) is 14.0. The van der Waals surface area contributed by atoms with Crippen LogP contribution in [0.1, 0.15) is 30.9 Å². The maximum Gasteiger partial charge on any atom is 0.249 e. The summed E-state index contributed by atoms with van der Waals surface area (Å²) in [6.45, 7) is 6.10. The van der Waals surface area contributed by atoms with Gasteiger partial charge < -0.3 is 15.4 Å². The van der Waals surface area contributed by atoms with Crippen LogP contribution in [0.15, 0.2) is 24.3 Å². The van der Waals surface area contributed by atoms with Crippen LogP contribution < -0.4 is 5.73 Å². The van der Waals surface area contributed by atoms with Gasteiger partial charge in [0.25, 0.3) is 0 Å². The Hall–Kier alpha value is -1.39. The van der Waals surface area contributed by atoms with E-state index in [-0.39, 0.29) is 18.6 Å². The topological polar surface area (TPSA) is 55.6 Å². The minimum Gasteiger partial charge on any atom is -0.369 e. The second-order valence-corrected chi connectivity index (χ2v) is 5.32. The molecule has 1 atom stereocenters. The van der Waals surface area contributed by atoms with Gasteiger partial charge in [0.2, 0.25) is 5.91 Å². The fourth-order valence-electron chi connectivity index (χ4n) is 2.28. The van der Waals surface area contributed by atoms with Crippen LogP contribution >= 0.6 is 0 Å². The summed E-state index contributed by atoms with van der Waals surface area (Å²) >= 11 is 0. The SMILES string of the molecule is CC(C)c1ccc(CN2C(=O)COCC2CN)cc1. The fourth-order valence-corrected chi connectivity index (χ4v) is 2.28. The molecule has 1 aliphatic heterocycles. The Labute approximate surface area is 114 Å². The Balaban J connectivity index is 2.08. The molecule has 0 bridgehead atoms. The van der Waals surface area contributed by atoms with Crippen LogP contribution in [0, 0.1) is 0 Å². The van der Waals surface area contributed by atoms with Crippen molar-refractivity contribution in [1.82, 2.24) is 4.90 Å². The van der Waals surface area contributed by atoms with Gasteiger partial charge in [-0.1, -0.05) is 38.1 Å². The van der Waals surface area contributed by atoms with Crippen LogP contribution in [0.5, 0.6) is 0 Å². The van der Waals surface area contributed by atoms with Gasteiger partial charge in [0.05, 0.1) is 12.6 Å². The van der Waals surface area contributed by atoms with Gasteiger partial charge in [-0.15, -0.1) is 0 Å². The van der Waals surface area contributed by atoms with Crippen molar-refractivity contribution in [3.05, 3.63) is 35.4 Å². The molecule has 19 heavy (non-hydrogen) atoms. The lowest BCUT2D eigenvalue weighted by Crippen LogP contribution is -2.52. The maximum atomic E-state index is 11.9. The van der Waals surface area contributed by atoms with E-state index in [1.807, 2.05) is 4.90 Å². The summed E-state index contributed by atoms with van der Waals surface area (Å²) in [6, 6.07) is 8.42. The zero-order valence-electron chi connectivity index (χ0n) is 11.6. The first-order chi connectivity index (χ1) is 9.11. The summed E-state index contributed by atoms with van der Waals surface area (Å²) in [7, 11) is 0. The average Bonchev–Trinajstić information content (AvgIpc) is 2.41. The van der Waals surface area contributed by atoms with E-state index in [1.165, 1.54) is 5.56 Å². The number of nitrogens with two attached hydrogens (primary N) is 1. The van der Waals surface area contributed by atoms with E-state index in [4.69, 9.17) is 10.5 Å². The number of benzene rings is 1. The molecule has 2 rings (SSSR count). The van der Waals surface area contributed by atoms with Crippen molar-refractivity contribution in [1.29, 1.82) is 0 Å². The first-order valence-electron chi connectivity index (χ1n) is 6.78. The van der Waals surface area contributed by atoms with Gasteiger partial charge in [-0.05, 0) is 17.0 Å². The Bertz CT molecular complexity index is 428. The van der Waals surface area contributed by atoms with Crippen molar-refractivity contribution < 1.29 is 9.53 Å². The van der Waals surface area contributed by atoms with Crippen molar-refractivity contribution in [3.63, 3.8) is 0 Å². The second kappa shape index (κ2) is 6.17. The monoisotopic (exact) mass is 262 g/mol. The lowest BCUT2D eigenvalue weighted by atomic mass is 10.0. The van der Waals surface area contributed by atoms with Crippen LogP contribution in [-0.4, -0.2) is 36.6 Å². The van der Waals surface area contributed by atoms with Crippen molar-refractivity contribution in [2.75, 3.05) is 19.8 Å². The molecule has 0 aliphatic carbocycles. The average molecular weight is 262 g/mol. The Kier molecular flexibility index (Phi) is 4.56. The highest BCUT2D eigenvalue weighted by Crippen LogP contribution is 2.17. The summed E-state index contributed by atoms with van der Waals surface area (Å²) in [4.78, 5) is 13.7. The van der Waals surface area contributed by atoms with Crippen molar-refractivity contribution in [3.8, 4) is 0 Å². The molecule has 2 N–H and O–H groups in total. The number of nitrogens with zero attached hydrogens (tertiary/aromatic N) is 1. The highest BCUT2D eigenvalue weighted by Gasteiger charge is 2.27. The second-order valence-electron chi connectivity index (χ2n) is 5.32. The smallest absolute Gasteiger partial charge is 0.249 e. The standard InChI is InChI=1S/C15H22N2O2/c1-11(2)13-5-3-12(4-6-13)8-17-14(7-16)9-19-10-15(17)18/h3-6,11,14H,7-10,16H2,1-2H3. The van der Waals surface area contributed by atoms with Crippen LogP contribution in [0.3, 0.4) is 0 Å². The summed E-state index contributed by atoms with van der Waals surface area (Å²) < 4.78 is 5.23. The molecule has 0 saturated carbocycles. The number of hydrogen-bond donors (Lipinski definition) is 1. The lowest BCUT2D eigenvalue weighted by Gasteiger charge is -2.34. The summed E-state index contributed by atoms with van der Waals surface area (Å²) in [6.07, 6.45) is 0. The predicted molar refractivity (Wildman–Crippen MR) is 74.7 cm³/mol. The number of ether oxygens (including phenoxy) is 1. The largest absolute Gasteiger partial charge is 0.369 e. The highest BCUT2D eigenvalue weighted by atomic mass is 16.5. The Morgan fingerprint density at radius 2 is 2.05 bits per heavy atom. The van der Waals surface area contributed by atoms with Crippen LogP contribution in [-0.2, 0) is 16.1 Å². The lowest BCUT2D eigenvalue weighted by molar-refractivity contribution is -0.148. The van der Waals surface area contributed by atoms with Gasteiger partial charge in [0.15, 0.2) is 0 Å². The van der Waals surface area contributed by atoms with Gasteiger partial charge in [0, 0.05) is 13.1 Å². The fraction of sp³-hybridized carbons (Fsp3) is 0.533. The molecule has 0 radical (unpaired) electrons. The molecule has 104 valence electrons. The van der Waals surface area contributed by atoms with E-state index in [0.29, 0.717) is 25.6 Å². The van der Waals surface area contributed by atoms with Crippen molar-refractivity contribution in [2.45, 2.75) is 32.4 Å². The minimum atomic E-state index is -0.00831. The quantitative estimate of drug-likeness (QED) is 0.894. The molecule has 0 spiro atoms. The minimum absolute atomic E-state index is 0.00831. The van der Waals surface area contributed by atoms with E-state index in [1.54, 1.807) is 0 Å². The number of rotatable bonds is 4. The zero-order valence-corrected chi connectivity index (χ0v) is 11.6. The third-order valence-electron chi connectivity index (χ3n) is 3.57. The molecule has 1 aromatic carbocycles. The van der Waals surface area contributed by atoms with Gasteiger partial charge >= 0.3 is 0 Å². The molecule has 1 heterocycles.